The Bertz CT molecular complexity index is 524. The van der Waals surface area contributed by atoms with Gasteiger partial charge in [0, 0.05) is 6.04 Å². The van der Waals surface area contributed by atoms with Crippen molar-refractivity contribution in [3.63, 3.8) is 0 Å². The molecule has 9 heteroatoms. The Morgan fingerprint density at radius 1 is 1.17 bits per heavy atom. The lowest BCUT2D eigenvalue weighted by atomic mass is 9.95. The van der Waals surface area contributed by atoms with E-state index in [0.29, 0.717) is 11.9 Å². The van der Waals surface area contributed by atoms with Crippen molar-refractivity contribution in [3.8, 4) is 0 Å². The zero-order chi connectivity index (χ0) is 13.3. The average molecular weight is 334 g/mol. The Labute approximate surface area is 122 Å². The van der Waals surface area contributed by atoms with E-state index in [-0.39, 0.29) is 6.04 Å². The third kappa shape index (κ3) is 3.29. The fourth-order valence-corrected chi connectivity index (χ4v) is 3.14. The minimum atomic E-state index is -1.75. The molecule has 0 radical (unpaired) electrons. The van der Waals surface area contributed by atoms with Gasteiger partial charge in [0.25, 0.3) is 3.12 Å². The number of alkyl halides is 3. The molecular weight excluding hydrogens is 323 g/mol. The maximum absolute atomic E-state index is 12.0. The van der Waals surface area contributed by atoms with Crippen LogP contribution < -0.4 is 11.4 Å². The topological polar surface area (TPSA) is 57.1 Å². The van der Waals surface area contributed by atoms with E-state index in [0.717, 1.165) is 40.8 Å². The molecule has 18 heavy (non-hydrogen) atoms. The first-order chi connectivity index (χ1) is 8.38. The van der Waals surface area contributed by atoms with Crippen LogP contribution >= 0.6 is 46.8 Å². The van der Waals surface area contributed by atoms with Gasteiger partial charge in [-0.25, -0.2) is 14.2 Å². The van der Waals surface area contributed by atoms with Gasteiger partial charge in [-0.15, -0.1) is 0 Å². The summed E-state index contributed by atoms with van der Waals surface area (Å²) in [6.07, 6.45) is 4.72. The van der Waals surface area contributed by atoms with Crippen molar-refractivity contribution >= 4 is 46.8 Å². The molecule has 0 N–H and O–H groups in total. The van der Waals surface area contributed by atoms with Crippen LogP contribution in [0.15, 0.2) is 14.1 Å². The Morgan fingerprint density at radius 2 is 1.78 bits per heavy atom. The van der Waals surface area contributed by atoms with Gasteiger partial charge < -0.3 is 4.52 Å². The van der Waals surface area contributed by atoms with Crippen LogP contribution in [0.4, 0.5) is 0 Å². The van der Waals surface area contributed by atoms with E-state index in [1.54, 1.807) is 0 Å². The number of hydrogen-bond donors (Lipinski definition) is 0. The monoisotopic (exact) mass is 332 g/mol. The normalized spacial score (nSPS) is 18.2. The molecule has 0 spiro atoms. The van der Waals surface area contributed by atoms with Gasteiger partial charge in [0.2, 0.25) is 0 Å². The summed E-state index contributed by atoms with van der Waals surface area (Å²) in [5.74, 6) is -0.700. The zero-order valence-corrected chi connectivity index (χ0v) is 12.4. The summed E-state index contributed by atoms with van der Waals surface area (Å²) in [5, 5.41) is 0. The molecule has 1 aliphatic carbocycles. The van der Waals surface area contributed by atoms with Gasteiger partial charge in [0.1, 0.15) is 0 Å². The van der Waals surface area contributed by atoms with Gasteiger partial charge in [0.15, 0.2) is 0 Å². The van der Waals surface area contributed by atoms with Crippen LogP contribution in [0.3, 0.4) is 0 Å². The lowest BCUT2D eigenvalue weighted by Gasteiger charge is -2.20. The first-order valence-electron chi connectivity index (χ1n) is 5.49. The van der Waals surface area contributed by atoms with Crippen LogP contribution in [-0.4, -0.2) is 11.8 Å². The van der Waals surface area contributed by atoms with E-state index in [4.69, 9.17) is 39.3 Å². The van der Waals surface area contributed by atoms with E-state index in [1.165, 1.54) is 0 Å². The number of nitrogens with zero attached hydrogens (tertiary/aromatic N) is 2. The maximum Gasteiger partial charge on any atom is 0.443 e. The highest BCUT2D eigenvalue weighted by atomic mass is 35.6. The molecule has 0 amide bonds. The summed E-state index contributed by atoms with van der Waals surface area (Å²) < 4.78 is 4.88. The van der Waals surface area contributed by atoms with Crippen molar-refractivity contribution in [2.24, 2.45) is 0 Å². The molecule has 2 rings (SSSR count). The predicted octanol–water partition coefficient (Wildman–Crippen LogP) is 2.93. The van der Waals surface area contributed by atoms with Gasteiger partial charge in [-0.2, -0.15) is 0 Å². The summed E-state index contributed by atoms with van der Waals surface area (Å²) in [5.41, 5.74) is -0.580. The first kappa shape index (κ1) is 14.4. The van der Waals surface area contributed by atoms with Crippen molar-refractivity contribution in [2.45, 2.75) is 41.3 Å². The molecule has 0 unspecified atom stereocenters. The van der Waals surface area contributed by atoms with Crippen molar-refractivity contribution < 1.29 is 4.52 Å². The predicted molar refractivity (Wildman–Crippen MR) is 72.6 cm³/mol. The highest BCUT2D eigenvalue weighted by molar-refractivity contribution is 8.03. The molecule has 0 saturated heterocycles. The minimum absolute atomic E-state index is 0.111. The van der Waals surface area contributed by atoms with Crippen LogP contribution in [0.25, 0.3) is 0 Å². The van der Waals surface area contributed by atoms with E-state index in [9.17, 15) is 9.59 Å². The summed E-state index contributed by atoms with van der Waals surface area (Å²) in [6, 6.07) is -0.111. The maximum atomic E-state index is 12.0. The summed E-state index contributed by atoms with van der Waals surface area (Å²) >= 11 is 17.2. The largest absolute Gasteiger partial charge is 0.443 e. The molecule has 0 atom stereocenters. The third-order valence-electron chi connectivity index (χ3n) is 2.85. The Hall–Kier alpha value is -0.0400. The molecule has 1 aromatic rings. The standard InChI is InChI=1S/C9H11Cl3N2O3S/c10-9(11,12)18-14-7(15)13(8(16)17-14)6-4-2-1-3-5-6/h6H,1-5H2. The van der Waals surface area contributed by atoms with Crippen LogP contribution in [0, 0.1) is 0 Å². The first-order valence-corrected chi connectivity index (χ1v) is 7.40. The molecule has 1 aliphatic rings. The summed E-state index contributed by atoms with van der Waals surface area (Å²) in [4.78, 5) is 23.7. The Kier molecular flexibility index (Phi) is 4.41. The fourth-order valence-electron chi connectivity index (χ4n) is 2.12. The van der Waals surface area contributed by atoms with Crippen LogP contribution in [0.5, 0.6) is 0 Å². The highest BCUT2D eigenvalue weighted by Gasteiger charge is 2.28. The molecule has 1 heterocycles. The van der Waals surface area contributed by atoms with E-state index >= 15 is 0 Å². The highest BCUT2D eigenvalue weighted by Crippen LogP contribution is 2.38. The van der Waals surface area contributed by atoms with Gasteiger partial charge in [-0.1, -0.05) is 58.2 Å². The summed E-state index contributed by atoms with van der Waals surface area (Å²) in [6.45, 7) is 0. The van der Waals surface area contributed by atoms with Crippen LogP contribution in [-0.2, 0) is 0 Å². The number of aromatic nitrogens is 2. The molecule has 1 aromatic heterocycles. The molecule has 0 aromatic carbocycles. The van der Waals surface area contributed by atoms with Gasteiger partial charge in [-0.05, 0) is 12.8 Å². The third-order valence-corrected chi connectivity index (χ3v) is 4.07. The van der Waals surface area contributed by atoms with Gasteiger partial charge in [-0.3, -0.25) is 0 Å². The van der Waals surface area contributed by atoms with E-state index < -0.39 is 14.6 Å². The zero-order valence-electron chi connectivity index (χ0n) is 9.27. The SMILES string of the molecule is O=c1on(SC(Cl)(Cl)Cl)c(=O)n1C1CCCCC1. The van der Waals surface area contributed by atoms with Crippen molar-refractivity contribution in [2.75, 3.05) is 0 Å². The molecule has 1 saturated carbocycles. The number of halogens is 3. The van der Waals surface area contributed by atoms with Crippen molar-refractivity contribution in [1.29, 1.82) is 0 Å². The second kappa shape index (κ2) is 5.53. The molecule has 0 bridgehead atoms. The smallest absolute Gasteiger partial charge is 0.305 e. The Balaban J connectivity index is 2.32. The Morgan fingerprint density at radius 3 is 2.33 bits per heavy atom. The van der Waals surface area contributed by atoms with Gasteiger partial charge in [0.05, 0.1) is 11.9 Å². The lowest BCUT2D eigenvalue weighted by molar-refractivity contribution is 0.311. The van der Waals surface area contributed by atoms with Crippen LogP contribution in [0.1, 0.15) is 38.1 Å². The fraction of sp³-hybridized carbons (Fsp3) is 0.778. The van der Waals surface area contributed by atoms with Crippen LogP contribution in [0.2, 0.25) is 0 Å². The molecule has 1 fully saturated rings. The molecule has 0 aliphatic heterocycles. The molecule has 5 nitrogen and oxygen atoms in total. The second-order valence-electron chi connectivity index (χ2n) is 4.10. The minimum Gasteiger partial charge on any atom is -0.305 e. The quantitative estimate of drug-likeness (QED) is 0.781. The van der Waals surface area contributed by atoms with E-state index in [1.807, 2.05) is 0 Å². The molecular formula is C9H11Cl3N2O3S. The lowest BCUT2D eigenvalue weighted by Crippen LogP contribution is -2.33. The van der Waals surface area contributed by atoms with Crippen molar-refractivity contribution in [1.82, 2.24) is 8.71 Å². The van der Waals surface area contributed by atoms with Crippen molar-refractivity contribution in [3.05, 3.63) is 21.0 Å². The van der Waals surface area contributed by atoms with Gasteiger partial charge >= 0.3 is 11.4 Å². The second-order valence-corrected chi connectivity index (χ2v) is 8.18. The summed E-state index contributed by atoms with van der Waals surface area (Å²) in [7, 11) is 0. The average Bonchev–Trinajstić information content (AvgIpc) is 2.53. The number of hydrogen-bond acceptors (Lipinski definition) is 4. The number of rotatable bonds is 2. The van der Waals surface area contributed by atoms with E-state index in [2.05, 4.69) is 0 Å². The molecule has 102 valence electrons.